The maximum absolute atomic E-state index is 2.44. The van der Waals surface area contributed by atoms with Gasteiger partial charge in [-0.2, -0.15) is 0 Å². The molecule has 10 heavy (non-hydrogen) atoms. The van der Waals surface area contributed by atoms with Crippen molar-refractivity contribution in [1.29, 1.82) is 0 Å². The van der Waals surface area contributed by atoms with E-state index in [1.54, 1.807) is 0 Å². The van der Waals surface area contributed by atoms with Crippen LogP contribution in [0, 0.1) is 23.7 Å². The summed E-state index contributed by atoms with van der Waals surface area (Å²) in [6, 6.07) is 0. The Morgan fingerprint density at radius 1 is 1.00 bits per heavy atom. The lowest BCUT2D eigenvalue weighted by Gasteiger charge is -2.18. The largest absolute Gasteiger partial charge is 0.0879 e. The third kappa shape index (κ3) is 0.448. The van der Waals surface area contributed by atoms with Gasteiger partial charge in [0.25, 0.3) is 0 Å². The molecule has 0 aromatic carbocycles. The molecule has 0 N–H and O–H groups in total. The van der Waals surface area contributed by atoms with Crippen LogP contribution in [0.1, 0.15) is 12.8 Å². The summed E-state index contributed by atoms with van der Waals surface area (Å²) in [5, 5.41) is 0. The summed E-state index contributed by atoms with van der Waals surface area (Å²) in [5.74, 6) is 3.82. The summed E-state index contributed by atoms with van der Waals surface area (Å²) < 4.78 is 0. The number of allylic oxidation sites excluding steroid dienone is 4. The molecule has 1 saturated carbocycles. The number of fused-ring (bicyclic) bond motifs is 5. The van der Waals surface area contributed by atoms with E-state index in [1.165, 1.54) is 12.8 Å². The van der Waals surface area contributed by atoms with Crippen LogP contribution in [0.2, 0.25) is 0 Å². The maximum Gasteiger partial charge on any atom is -0.0133 e. The van der Waals surface area contributed by atoms with Crippen molar-refractivity contribution in [3.63, 3.8) is 0 Å². The van der Waals surface area contributed by atoms with Gasteiger partial charge in [0.1, 0.15) is 0 Å². The van der Waals surface area contributed by atoms with Crippen LogP contribution in [0.5, 0.6) is 0 Å². The Morgan fingerprint density at radius 3 is 2.80 bits per heavy atom. The zero-order valence-electron chi connectivity index (χ0n) is 6.03. The van der Waals surface area contributed by atoms with Crippen LogP contribution >= 0.6 is 0 Å². The Bertz CT molecular complexity index is 212. The summed E-state index contributed by atoms with van der Waals surface area (Å²) in [5.41, 5.74) is 0. The highest BCUT2D eigenvalue weighted by Gasteiger charge is 2.44. The quantitative estimate of drug-likeness (QED) is 0.444. The molecule has 52 valence electrons. The molecule has 0 nitrogen and oxygen atoms in total. The molecule has 4 atom stereocenters. The Kier molecular flexibility index (Phi) is 0.803. The highest BCUT2D eigenvalue weighted by atomic mass is 14.5. The van der Waals surface area contributed by atoms with Gasteiger partial charge in [0.05, 0.1) is 0 Å². The van der Waals surface area contributed by atoms with E-state index < -0.39 is 0 Å². The molecule has 3 aliphatic carbocycles. The lowest BCUT2D eigenvalue weighted by atomic mass is 9.86. The molecule has 0 aromatic heterocycles. The van der Waals surface area contributed by atoms with Crippen molar-refractivity contribution in [2.45, 2.75) is 12.8 Å². The summed E-state index contributed by atoms with van der Waals surface area (Å²) in [6.45, 7) is 0. The molecule has 0 aliphatic heterocycles. The highest BCUT2D eigenvalue weighted by Crippen LogP contribution is 2.52. The molecule has 0 saturated heterocycles. The zero-order chi connectivity index (χ0) is 6.55. The molecule has 0 heterocycles. The Labute approximate surface area is 61.6 Å². The summed E-state index contributed by atoms with van der Waals surface area (Å²) in [6.07, 6.45) is 12.5. The molecule has 3 rings (SSSR count). The second kappa shape index (κ2) is 1.55. The molecule has 0 spiro atoms. The Morgan fingerprint density at radius 2 is 1.90 bits per heavy atom. The lowest BCUT2D eigenvalue weighted by Crippen LogP contribution is -2.12. The van der Waals surface area contributed by atoms with Crippen molar-refractivity contribution in [2.24, 2.45) is 23.7 Å². The van der Waals surface area contributed by atoms with E-state index >= 15 is 0 Å². The molecule has 0 aromatic rings. The molecule has 2 unspecified atom stereocenters. The van der Waals surface area contributed by atoms with Crippen molar-refractivity contribution in [1.82, 2.24) is 0 Å². The van der Waals surface area contributed by atoms with Crippen molar-refractivity contribution in [3.8, 4) is 0 Å². The minimum absolute atomic E-state index is 0.925. The second-order valence-corrected chi connectivity index (χ2v) is 3.85. The van der Waals surface area contributed by atoms with Crippen molar-refractivity contribution >= 4 is 0 Å². The minimum Gasteiger partial charge on any atom is -0.0879 e. The van der Waals surface area contributed by atoms with E-state index in [1.807, 2.05) is 0 Å². The number of hydrogen-bond acceptors (Lipinski definition) is 0. The molecule has 0 amide bonds. The van der Waals surface area contributed by atoms with Crippen molar-refractivity contribution < 1.29 is 0 Å². The van der Waals surface area contributed by atoms with Crippen LogP contribution in [0.4, 0.5) is 0 Å². The van der Waals surface area contributed by atoms with Gasteiger partial charge in [0.2, 0.25) is 0 Å². The molecule has 0 radical (unpaired) electrons. The lowest BCUT2D eigenvalue weighted by molar-refractivity contribution is 0.398. The van der Waals surface area contributed by atoms with E-state index in [9.17, 15) is 0 Å². The first kappa shape index (κ1) is 5.17. The van der Waals surface area contributed by atoms with Gasteiger partial charge in [-0.15, -0.1) is 0 Å². The average Bonchev–Trinajstić information content (AvgIpc) is 2.60. The van der Waals surface area contributed by atoms with Crippen LogP contribution in [0.3, 0.4) is 0 Å². The van der Waals surface area contributed by atoms with Crippen LogP contribution in [0.25, 0.3) is 0 Å². The van der Waals surface area contributed by atoms with Crippen LogP contribution < -0.4 is 0 Å². The number of hydrogen-bond donors (Lipinski definition) is 0. The van der Waals surface area contributed by atoms with Gasteiger partial charge in [0.15, 0.2) is 0 Å². The summed E-state index contributed by atoms with van der Waals surface area (Å²) in [4.78, 5) is 0. The molecular formula is C10H12. The fraction of sp³-hybridized carbons (Fsp3) is 0.600. The maximum atomic E-state index is 2.44. The van der Waals surface area contributed by atoms with Gasteiger partial charge in [-0.25, -0.2) is 0 Å². The van der Waals surface area contributed by atoms with Crippen molar-refractivity contribution in [2.75, 3.05) is 0 Å². The normalized spacial score (nSPS) is 54.4. The van der Waals surface area contributed by atoms with Gasteiger partial charge in [0, 0.05) is 0 Å². The van der Waals surface area contributed by atoms with Crippen molar-refractivity contribution in [3.05, 3.63) is 24.3 Å². The third-order valence-corrected chi connectivity index (χ3v) is 3.46. The monoisotopic (exact) mass is 132 g/mol. The zero-order valence-corrected chi connectivity index (χ0v) is 6.03. The first-order valence-corrected chi connectivity index (χ1v) is 4.30. The van der Waals surface area contributed by atoms with E-state index in [2.05, 4.69) is 24.3 Å². The van der Waals surface area contributed by atoms with E-state index in [4.69, 9.17) is 0 Å². The molecule has 0 heteroatoms. The van der Waals surface area contributed by atoms with Gasteiger partial charge >= 0.3 is 0 Å². The molecule has 2 bridgehead atoms. The molecular weight excluding hydrogens is 120 g/mol. The molecule has 3 aliphatic rings. The smallest absolute Gasteiger partial charge is 0.0133 e. The molecule has 1 fully saturated rings. The van der Waals surface area contributed by atoms with Gasteiger partial charge in [-0.1, -0.05) is 24.3 Å². The van der Waals surface area contributed by atoms with E-state index in [0.717, 1.165) is 23.7 Å². The first-order chi connectivity index (χ1) is 4.95. The highest BCUT2D eigenvalue weighted by molar-refractivity contribution is 5.21. The summed E-state index contributed by atoms with van der Waals surface area (Å²) >= 11 is 0. The predicted octanol–water partition coefficient (Wildman–Crippen LogP) is 2.38. The average molecular weight is 132 g/mol. The summed E-state index contributed by atoms with van der Waals surface area (Å²) in [7, 11) is 0. The van der Waals surface area contributed by atoms with Gasteiger partial charge in [-0.05, 0) is 36.5 Å². The van der Waals surface area contributed by atoms with Crippen LogP contribution in [-0.2, 0) is 0 Å². The van der Waals surface area contributed by atoms with E-state index in [0.29, 0.717) is 0 Å². The Hall–Kier alpha value is -0.520. The first-order valence-electron chi connectivity index (χ1n) is 4.30. The van der Waals surface area contributed by atoms with Crippen LogP contribution in [0.15, 0.2) is 24.3 Å². The minimum atomic E-state index is 0.925. The van der Waals surface area contributed by atoms with Gasteiger partial charge < -0.3 is 0 Å². The second-order valence-electron chi connectivity index (χ2n) is 3.85. The van der Waals surface area contributed by atoms with E-state index in [-0.39, 0.29) is 0 Å². The SMILES string of the molecule is C1=C[C@H]2C3C=CC(C3)[C@@H]2C1. The Balaban J connectivity index is 2.04. The topological polar surface area (TPSA) is 0 Å². The number of rotatable bonds is 0. The third-order valence-electron chi connectivity index (χ3n) is 3.46. The fourth-order valence-electron chi connectivity index (χ4n) is 2.97. The van der Waals surface area contributed by atoms with Crippen LogP contribution in [-0.4, -0.2) is 0 Å². The van der Waals surface area contributed by atoms with Gasteiger partial charge in [-0.3, -0.25) is 0 Å². The fourth-order valence-corrected chi connectivity index (χ4v) is 2.97. The predicted molar refractivity (Wildman–Crippen MR) is 41.5 cm³/mol. The standard InChI is InChI=1S/C10H12/c1-2-9-7-4-5-8(6-7)10(9)3-1/h1-2,4-5,7-10H,3,6H2/t7?,8?,9-,10-/m0/s1.